The summed E-state index contributed by atoms with van der Waals surface area (Å²) in [4.78, 5) is 15.8. The molecule has 0 fully saturated rings. The molecule has 3 heterocycles. The fourth-order valence-corrected chi connectivity index (χ4v) is 11.1. The molecule has 13 rings (SSSR count). The smallest absolute Gasteiger partial charge is 0.164 e. The van der Waals surface area contributed by atoms with Crippen LogP contribution in [0.2, 0.25) is 0 Å². The molecule has 0 amide bonds. The van der Waals surface area contributed by atoms with E-state index in [1.165, 1.54) is 53.6 Å². The van der Waals surface area contributed by atoms with Crippen LogP contribution in [-0.2, 0) is 5.41 Å². The van der Waals surface area contributed by atoms with Crippen molar-refractivity contribution in [2.24, 2.45) is 0 Å². The van der Waals surface area contributed by atoms with Crippen molar-refractivity contribution in [3.8, 4) is 78.7 Å². The molecule has 65 heavy (non-hydrogen) atoms. The normalized spacial score (nSPS) is 12.9. The second kappa shape index (κ2) is 14.5. The van der Waals surface area contributed by atoms with Gasteiger partial charge in [0, 0.05) is 53.1 Å². The number of fused-ring (bicyclic) bond motifs is 9. The summed E-state index contributed by atoms with van der Waals surface area (Å²) in [5.41, 5.74) is 16.6. The topological polar surface area (TPSA) is 51.8 Å². The third kappa shape index (κ3) is 6.15. The highest BCUT2D eigenvalue weighted by molar-refractivity contribution is 7.25. The first-order chi connectivity index (χ1) is 31.9. The minimum atomic E-state index is -0.0282. The van der Waals surface area contributed by atoms with Crippen molar-refractivity contribution in [1.29, 1.82) is 0 Å². The lowest BCUT2D eigenvalue weighted by molar-refractivity contribution is 0.660. The Labute approximate surface area is 380 Å². The molecule has 0 bridgehead atoms. The highest BCUT2D eigenvalue weighted by Gasteiger charge is 2.35. The van der Waals surface area contributed by atoms with E-state index in [1.54, 1.807) is 11.3 Å². The van der Waals surface area contributed by atoms with Crippen LogP contribution >= 0.6 is 11.3 Å². The van der Waals surface area contributed by atoms with Gasteiger partial charge in [-0.15, -0.1) is 11.3 Å². The minimum absolute atomic E-state index is 0.0282. The third-order valence-corrected chi connectivity index (χ3v) is 14.5. The zero-order valence-corrected chi connectivity index (χ0v) is 36.5. The van der Waals surface area contributed by atoms with Gasteiger partial charge in [-0.2, -0.15) is 0 Å². The average molecular weight is 850 g/mol. The van der Waals surface area contributed by atoms with Crippen LogP contribution in [0.4, 0.5) is 0 Å². The lowest BCUT2D eigenvalue weighted by atomic mass is 9.82. The van der Waals surface area contributed by atoms with Crippen molar-refractivity contribution in [2.45, 2.75) is 19.3 Å². The van der Waals surface area contributed by atoms with E-state index in [2.05, 4.69) is 196 Å². The van der Waals surface area contributed by atoms with Gasteiger partial charge in [0.05, 0.1) is 0 Å². The Morgan fingerprint density at radius 2 is 0.908 bits per heavy atom. The summed E-state index contributed by atoms with van der Waals surface area (Å²) >= 11 is 1.81. The number of furan rings is 1. The Bertz CT molecular complexity index is 3880. The number of benzene rings is 9. The highest BCUT2D eigenvalue weighted by Crippen LogP contribution is 2.50. The van der Waals surface area contributed by atoms with Gasteiger partial charge in [0.25, 0.3) is 0 Å². The van der Waals surface area contributed by atoms with Gasteiger partial charge < -0.3 is 4.42 Å². The predicted octanol–water partition coefficient (Wildman–Crippen LogP) is 16.4. The molecule has 9 aromatic carbocycles. The molecule has 0 saturated carbocycles. The summed E-state index contributed by atoms with van der Waals surface area (Å²) in [6, 6.07) is 71.4. The summed E-state index contributed by atoms with van der Waals surface area (Å²) in [5, 5.41) is 4.41. The molecule has 5 heteroatoms. The van der Waals surface area contributed by atoms with Gasteiger partial charge in [0.15, 0.2) is 17.5 Å². The fraction of sp³-hybridized carbons (Fsp3) is 0.0500. The molecule has 1 aliphatic rings. The zero-order chi connectivity index (χ0) is 43.2. The summed E-state index contributed by atoms with van der Waals surface area (Å²) in [6.07, 6.45) is 0. The van der Waals surface area contributed by atoms with Gasteiger partial charge in [-0.05, 0) is 116 Å². The number of hydrogen-bond acceptors (Lipinski definition) is 5. The van der Waals surface area contributed by atoms with E-state index in [4.69, 9.17) is 19.4 Å². The molecule has 12 aromatic rings. The summed E-state index contributed by atoms with van der Waals surface area (Å²) in [6.45, 7) is 4.66. The monoisotopic (exact) mass is 849 g/mol. The lowest BCUT2D eigenvalue weighted by Crippen LogP contribution is -2.14. The zero-order valence-electron chi connectivity index (χ0n) is 35.7. The molecule has 3 aromatic heterocycles. The maximum absolute atomic E-state index is 6.59. The number of aromatic nitrogens is 3. The van der Waals surface area contributed by atoms with Crippen LogP contribution in [0.25, 0.3) is 121 Å². The maximum Gasteiger partial charge on any atom is 0.164 e. The van der Waals surface area contributed by atoms with Crippen LogP contribution in [0, 0.1) is 0 Å². The van der Waals surface area contributed by atoms with Gasteiger partial charge in [-0.3, -0.25) is 0 Å². The SMILES string of the molecule is CC1(C)c2ccccc2-c2cc(-c3cccc(-c4ccc5oc6cccc(-c7nc(-c8cccc(-c9ccccc9)c8)nc(-c8ccc9sc%10ccccc%10c9c8)n7)c6c5c4)c3)ccc21. The van der Waals surface area contributed by atoms with Crippen molar-refractivity contribution in [3.63, 3.8) is 0 Å². The van der Waals surface area contributed by atoms with Crippen molar-refractivity contribution in [1.82, 2.24) is 15.0 Å². The highest BCUT2D eigenvalue weighted by atomic mass is 32.1. The molecule has 0 N–H and O–H groups in total. The van der Waals surface area contributed by atoms with Crippen LogP contribution in [0.3, 0.4) is 0 Å². The molecular weight excluding hydrogens is 811 g/mol. The van der Waals surface area contributed by atoms with Gasteiger partial charge >= 0.3 is 0 Å². The number of nitrogens with zero attached hydrogens (tertiary/aromatic N) is 3. The molecule has 4 nitrogen and oxygen atoms in total. The second-order valence-electron chi connectivity index (χ2n) is 17.6. The predicted molar refractivity (Wildman–Crippen MR) is 270 cm³/mol. The van der Waals surface area contributed by atoms with Crippen molar-refractivity contribution in [3.05, 3.63) is 211 Å². The van der Waals surface area contributed by atoms with Gasteiger partial charge in [0.2, 0.25) is 0 Å². The minimum Gasteiger partial charge on any atom is -0.456 e. The van der Waals surface area contributed by atoms with E-state index in [1.807, 2.05) is 18.2 Å². The largest absolute Gasteiger partial charge is 0.456 e. The van der Waals surface area contributed by atoms with Gasteiger partial charge in [-0.25, -0.2) is 15.0 Å². The van der Waals surface area contributed by atoms with E-state index in [0.717, 1.165) is 60.9 Å². The van der Waals surface area contributed by atoms with Crippen LogP contribution in [0.5, 0.6) is 0 Å². The van der Waals surface area contributed by atoms with E-state index < -0.39 is 0 Å². The van der Waals surface area contributed by atoms with E-state index in [-0.39, 0.29) is 5.41 Å². The molecule has 306 valence electrons. The fourth-order valence-electron chi connectivity index (χ4n) is 10.1. The van der Waals surface area contributed by atoms with Crippen molar-refractivity contribution >= 4 is 53.4 Å². The number of hydrogen-bond donors (Lipinski definition) is 0. The first kappa shape index (κ1) is 37.6. The van der Waals surface area contributed by atoms with Gasteiger partial charge in [0.1, 0.15) is 11.2 Å². The summed E-state index contributed by atoms with van der Waals surface area (Å²) in [5.74, 6) is 1.82. The quantitative estimate of drug-likeness (QED) is 0.167. The molecule has 0 unspecified atom stereocenters. The second-order valence-corrected chi connectivity index (χ2v) is 18.6. The van der Waals surface area contributed by atoms with Gasteiger partial charge in [-0.1, -0.05) is 153 Å². The standard InChI is InChI=1S/C60H39N3OS/c1-60(2)50-22-8-6-19-44(50)47-33-40(25-28-51(47)60)38-16-10-17-39(31-38)41-26-29-52-49(34-41)56-46(21-12-23-53(56)64-52)59-62-57(42-18-11-15-37(32-42)36-13-4-3-5-14-36)61-58(63-59)43-27-30-55-48(35-43)45-20-7-9-24-54(45)65-55/h3-35H,1-2H3. The first-order valence-electron chi connectivity index (χ1n) is 22.1. The van der Waals surface area contributed by atoms with Crippen molar-refractivity contribution < 1.29 is 4.42 Å². The van der Waals surface area contributed by atoms with Crippen LogP contribution in [0.1, 0.15) is 25.0 Å². The van der Waals surface area contributed by atoms with E-state index >= 15 is 0 Å². The number of rotatable bonds is 6. The Hall–Kier alpha value is -7.99. The molecule has 0 spiro atoms. The third-order valence-electron chi connectivity index (χ3n) is 13.3. The average Bonchev–Trinajstić information content (AvgIpc) is 4.01. The Kier molecular flexibility index (Phi) is 8.39. The Balaban J connectivity index is 0.953. The van der Waals surface area contributed by atoms with Crippen molar-refractivity contribution in [2.75, 3.05) is 0 Å². The molecule has 1 aliphatic carbocycles. The molecule has 0 atom stereocenters. The Morgan fingerprint density at radius 3 is 1.75 bits per heavy atom. The molecule has 0 radical (unpaired) electrons. The van der Waals surface area contributed by atoms with Crippen LogP contribution in [-0.4, -0.2) is 15.0 Å². The molecule has 0 aliphatic heterocycles. The first-order valence-corrected chi connectivity index (χ1v) is 22.9. The summed E-state index contributed by atoms with van der Waals surface area (Å²) < 4.78 is 9.09. The molecular formula is C60H39N3OS. The van der Waals surface area contributed by atoms with E-state index in [0.29, 0.717) is 17.5 Å². The lowest BCUT2D eigenvalue weighted by Gasteiger charge is -2.21. The number of thiophene rings is 1. The molecule has 0 saturated heterocycles. The van der Waals surface area contributed by atoms with Crippen LogP contribution < -0.4 is 0 Å². The van der Waals surface area contributed by atoms with Crippen LogP contribution in [0.15, 0.2) is 205 Å². The maximum atomic E-state index is 6.59. The Morgan fingerprint density at radius 1 is 0.354 bits per heavy atom. The van der Waals surface area contributed by atoms with E-state index in [9.17, 15) is 0 Å². The summed E-state index contributed by atoms with van der Waals surface area (Å²) in [7, 11) is 0.